The van der Waals surface area contributed by atoms with Gasteiger partial charge in [0.2, 0.25) is 0 Å². The number of aromatic nitrogens is 2. The molecular weight excluding hydrogens is 406 g/mol. The van der Waals surface area contributed by atoms with Crippen LogP contribution in [0.15, 0.2) is 70.3 Å². The van der Waals surface area contributed by atoms with Crippen molar-refractivity contribution in [1.82, 2.24) is 9.78 Å². The first-order valence-electron chi connectivity index (χ1n) is 7.30. The van der Waals surface area contributed by atoms with Crippen LogP contribution in [-0.4, -0.2) is 24.0 Å². The number of para-hydroxylation sites is 2. The van der Waals surface area contributed by atoms with E-state index in [0.717, 1.165) is 4.47 Å². The summed E-state index contributed by atoms with van der Waals surface area (Å²) in [5.41, 5.74) is 1.30. The van der Waals surface area contributed by atoms with E-state index in [2.05, 4.69) is 25.8 Å². The van der Waals surface area contributed by atoms with Gasteiger partial charge in [0.25, 0.3) is 10.0 Å². The third-order valence-electron chi connectivity index (χ3n) is 3.50. The molecule has 1 heterocycles. The molecule has 0 bridgehead atoms. The molecule has 2 aromatic carbocycles. The maximum absolute atomic E-state index is 12.7. The summed E-state index contributed by atoms with van der Waals surface area (Å²) in [7, 11) is -3.85. The molecule has 3 rings (SSSR count). The first-order valence-corrected chi connectivity index (χ1v) is 9.58. The van der Waals surface area contributed by atoms with Crippen LogP contribution in [0.3, 0.4) is 0 Å². The largest absolute Gasteiger partial charge is 0.295 e. The predicted molar refractivity (Wildman–Crippen MR) is 98.5 cm³/mol. The van der Waals surface area contributed by atoms with Gasteiger partial charge in [0.1, 0.15) is 0 Å². The Morgan fingerprint density at radius 1 is 1.16 bits per heavy atom. The van der Waals surface area contributed by atoms with E-state index in [1.807, 2.05) is 0 Å². The third kappa shape index (κ3) is 3.80. The number of halogens is 1. The summed E-state index contributed by atoms with van der Waals surface area (Å²) in [6.45, 7) is 1.39. The third-order valence-corrected chi connectivity index (χ3v) is 5.27. The Hall–Kier alpha value is -2.45. The Bertz CT molecular complexity index is 1040. The van der Waals surface area contributed by atoms with E-state index >= 15 is 0 Å². The highest BCUT2D eigenvalue weighted by Gasteiger charge is 2.18. The molecule has 0 saturated heterocycles. The second-order valence-electron chi connectivity index (χ2n) is 5.31. The highest BCUT2D eigenvalue weighted by atomic mass is 79.9. The van der Waals surface area contributed by atoms with Gasteiger partial charge in [-0.1, -0.05) is 24.3 Å². The molecule has 1 aromatic heterocycles. The van der Waals surface area contributed by atoms with Crippen LogP contribution in [0.25, 0.3) is 5.69 Å². The van der Waals surface area contributed by atoms with Gasteiger partial charge in [0.05, 0.1) is 26.9 Å². The van der Waals surface area contributed by atoms with Gasteiger partial charge in [-0.15, -0.1) is 0 Å². The van der Waals surface area contributed by atoms with Crippen LogP contribution in [0.1, 0.15) is 17.3 Å². The number of nitrogens with one attached hydrogen (secondary N) is 1. The number of Topliss-reactive ketones (excluding diaryl/α,β-unsaturated/α-hetero) is 1. The number of nitrogens with zero attached hydrogens (tertiary/aromatic N) is 2. The summed E-state index contributed by atoms with van der Waals surface area (Å²) in [6.07, 6.45) is 3.34. The van der Waals surface area contributed by atoms with Crippen molar-refractivity contribution < 1.29 is 13.2 Å². The Labute approximate surface area is 153 Å². The second-order valence-corrected chi connectivity index (χ2v) is 7.91. The fourth-order valence-corrected chi connectivity index (χ4v) is 3.68. The Morgan fingerprint density at radius 3 is 2.60 bits per heavy atom. The zero-order chi connectivity index (χ0) is 18.0. The Balaban J connectivity index is 2.00. The van der Waals surface area contributed by atoms with Gasteiger partial charge in [0.15, 0.2) is 5.78 Å². The van der Waals surface area contributed by atoms with Crippen molar-refractivity contribution in [2.24, 2.45) is 0 Å². The number of carbonyl (C=O) groups is 1. The van der Waals surface area contributed by atoms with Crippen molar-refractivity contribution in [3.05, 3.63) is 71.0 Å². The quantitative estimate of drug-likeness (QED) is 0.640. The second kappa shape index (κ2) is 6.81. The zero-order valence-electron chi connectivity index (χ0n) is 13.2. The minimum absolute atomic E-state index is 0.0247. The molecule has 0 aliphatic carbocycles. The van der Waals surface area contributed by atoms with E-state index in [9.17, 15) is 13.2 Å². The van der Waals surface area contributed by atoms with E-state index in [4.69, 9.17) is 0 Å². The van der Waals surface area contributed by atoms with E-state index in [1.54, 1.807) is 53.5 Å². The molecule has 1 N–H and O–H groups in total. The molecule has 128 valence electrons. The molecule has 0 radical (unpaired) electrons. The molecule has 0 amide bonds. The van der Waals surface area contributed by atoms with Crippen LogP contribution in [-0.2, 0) is 10.0 Å². The highest BCUT2D eigenvalue weighted by molar-refractivity contribution is 9.10. The fourth-order valence-electron chi connectivity index (χ4n) is 2.28. The molecule has 3 aromatic rings. The van der Waals surface area contributed by atoms with Gasteiger partial charge in [-0.2, -0.15) is 5.10 Å². The summed E-state index contributed by atoms with van der Waals surface area (Å²) >= 11 is 3.32. The molecule has 8 heteroatoms. The SMILES string of the molecule is CC(=O)c1cccc(S(=O)(=O)Nc2ccccc2-n2cc(Br)cn2)c1. The van der Waals surface area contributed by atoms with Crippen molar-refractivity contribution in [3.63, 3.8) is 0 Å². The van der Waals surface area contributed by atoms with Crippen LogP contribution >= 0.6 is 15.9 Å². The number of rotatable bonds is 5. The minimum atomic E-state index is -3.85. The fraction of sp³-hybridized carbons (Fsp3) is 0.0588. The van der Waals surface area contributed by atoms with Gasteiger partial charge in [-0.05, 0) is 47.1 Å². The molecule has 0 atom stereocenters. The first kappa shape index (κ1) is 17.4. The van der Waals surface area contributed by atoms with Crippen molar-refractivity contribution in [2.75, 3.05) is 4.72 Å². The maximum atomic E-state index is 12.7. The lowest BCUT2D eigenvalue weighted by Gasteiger charge is -2.13. The van der Waals surface area contributed by atoms with E-state index in [-0.39, 0.29) is 10.7 Å². The summed E-state index contributed by atoms with van der Waals surface area (Å²) < 4.78 is 30.3. The molecule has 0 aliphatic heterocycles. The highest BCUT2D eigenvalue weighted by Crippen LogP contribution is 2.24. The Morgan fingerprint density at radius 2 is 1.92 bits per heavy atom. The molecule has 0 fully saturated rings. The van der Waals surface area contributed by atoms with Gasteiger partial charge < -0.3 is 0 Å². The van der Waals surface area contributed by atoms with Crippen LogP contribution in [0.5, 0.6) is 0 Å². The van der Waals surface area contributed by atoms with E-state index in [0.29, 0.717) is 16.9 Å². The van der Waals surface area contributed by atoms with Crippen molar-refractivity contribution in [2.45, 2.75) is 11.8 Å². The lowest BCUT2D eigenvalue weighted by molar-refractivity contribution is 0.101. The summed E-state index contributed by atoms with van der Waals surface area (Å²) in [6, 6.07) is 12.9. The summed E-state index contributed by atoms with van der Waals surface area (Å²) in [4.78, 5) is 11.5. The topological polar surface area (TPSA) is 81.1 Å². The smallest absolute Gasteiger partial charge is 0.261 e. The number of ketones is 1. The van der Waals surface area contributed by atoms with Crippen LogP contribution in [0.4, 0.5) is 5.69 Å². The number of sulfonamides is 1. The zero-order valence-corrected chi connectivity index (χ0v) is 15.6. The molecule has 0 saturated carbocycles. The average Bonchev–Trinajstić information content (AvgIpc) is 3.01. The Kier molecular flexibility index (Phi) is 4.73. The molecule has 0 spiro atoms. The van der Waals surface area contributed by atoms with Crippen LogP contribution in [0.2, 0.25) is 0 Å². The van der Waals surface area contributed by atoms with Crippen molar-refractivity contribution in [3.8, 4) is 5.69 Å². The van der Waals surface area contributed by atoms with E-state index in [1.165, 1.54) is 19.1 Å². The minimum Gasteiger partial charge on any atom is -0.295 e. The first-order chi connectivity index (χ1) is 11.9. The maximum Gasteiger partial charge on any atom is 0.261 e. The monoisotopic (exact) mass is 419 g/mol. The average molecular weight is 420 g/mol. The van der Waals surface area contributed by atoms with Gasteiger partial charge in [0, 0.05) is 11.8 Å². The van der Waals surface area contributed by atoms with Crippen molar-refractivity contribution in [1.29, 1.82) is 0 Å². The molecule has 25 heavy (non-hydrogen) atoms. The molecule has 0 unspecified atom stereocenters. The summed E-state index contributed by atoms with van der Waals surface area (Å²) in [5.74, 6) is -0.196. The predicted octanol–water partition coefficient (Wildman–Crippen LogP) is 3.64. The lowest BCUT2D eigenvalue weighted by Crippen LogP contribution is -2.15. The standard InChI is InChI=1S/C17H14BrN3O3S/c1-12(22)13-5-4-6-15(9-13)25(23,24)20-16-7-2-3-8-17(16)21-11-14(18)10-19-21/h2-11,20H,1H3. The molecule has 6 nitrogen and oxygen atoms in total. The number of hydrogen-bond donors (Lipinski definition) is 1. The van der Waals surface area contributed by atoms with E-state index < -0.39 is 10.0 Å². The van der Waals surface area contributed by atoms with Gasteiger partial charge >= 0.3 is 0 Å². The van der Waals surface area contributed by atoms with Gasteiger partial charge in [-0.25, -0.2) is 13.1 Å². The van der Waals surface area contributed by atoms with Crippen molar-refractivity contribution >= 4 is 37.4 Å². The number of hydrogen-bond acceptors (Lipinski definition) is 4. The number of carbonyl (C=O) groups excluding carboxylic acids is 1. The number of benzene rings is 2. The normalized spacial score (nSPS) is 11.3. The number of anilines is 1. The summed E-state index contributed by atoms with van der Waals surface area (Å²) in [5, 5.41) is 4.18. The van der Waals surface area contributed by atoms with Crippen LogP contribution in [0, 0.1) is 0 Å². The molecule has 0 aliphatic rings. The van der Waals surface area contributed by atoms with Crippen LogP contribution < -0.4 is 4.72 Å². The molecular formula is C17H14BrN3O3S. The van der Waals surface area contributed by atoms with Gasteiger partial charge in [-0.3, -0.25) is 9.52 Å². The lowest BCUT2D eigenvalue weighted by atomic mass is 10.2.